The fourth-order valence-electron chi connectivity index (χ4n) is 3.05. The number of non-ortho nitro benzene ring substituents is 1. The van der Waals surface area contributed by atoms with Gasteiger partial charge < -0.3 is 15.2 Å². The Morgan fingerprint density at radius 3 is 2.55 bits per heavy atom. The van der Waals surface area contributed by atoms with Crippen LogP contribution < -0.4 is 10.6 Å². The van der Waals surface area contributed by atoms with Gasteiger partial charge in [-0.3, -0.25) is 14.9 Å². The Balaban J connectivity index is 1.57. The molecular formula is C21H24N6O3S. The van der Waals surface area contributed by atoms with Gasteiger partial charge in [0, 0.05) is 30.1 Å². The number of carbonyl (C=O) groups is 1. The molecule has 0 aliphatic heterocycles. The summed E-state index contributed by atoms with van der Waals surface area (Å²) in [6.07, 6.45) is 0. The molecule has 0 aliphatic carbocycles. The maximum Gasteiger partial charge on any atom is 0.269 e. The molecule has 0 fully saturated rings. The molecule has 2 aromatic carbocycles. The molecule has 0 saturated heterocycles. The summed E-state index contributed by atoms with van der Waals surface area (Å²) in [5.74, 6) is 0.722. The predicted molar refractivity (Wildman–Crippen MR) is 121 cm³/mol. The summed E-state index contributed by atoms with van der Waals surface area (Å²) in [7, 11) is 0. The van der Waals surface area contributed by atoms with Crippen LogP contribution in [0.15, 0.2) is 47.6 Å². The number of amides is 1. The second-order valence-corrected chi connectivity index (χ2v) is 7.90. The number of hydrogen-bond donors (Lipinski definition) is 2. The van der Waals surface area contributed by atoms with E-state index in [-0.39, 0.29) is 17.3 Å². The molecule has 10 heteroatoms. The first kappa shape index (κ1) is 22.3. The molecule has 3 rings (SSSR count). The first-order valence-corrected chi connectivity index (χ1v) is 10.8. The number of nitrogens with one attached hydrogen (secondary N) is 2. The third-order valence-electron chi connectivity index (χ3n) is 4.62. The van der Waals surface area contributed by atoms with Crippen LogP contribution in [0, 0.1) is 24.0 Å². The van der Waals surface area contributed by atoms with Crippen LogP contribution in [0.3, 0.4) is 0 Å². The smallest absolute Gasteiger partial charge is 0.269 e. The number of nitro groups is 1. The molecule has 0 spiro atoms. The summed E-state index contributed by atoms with van der Waals surface area (Å²) in [4.78, 5) is 22.5. The van der Waals surface area contributed by atoms with Crippen molar-refractivity contribution >= 4 is 34.7 Å². The van der Waals surface area contributed by atoms with Gasteiger partial charge in [-0.15, -0.1) is 10.2 Å². The standard InChI is InChI=1S/C21H24N6O3S/c1-4-26-19(12-22-18-10-5-14(2)11-15(18)3)24-25-21(26)31-13-20(28)23-16-6-8-17(9-7-16)27(29)30/h5-11,22H,4,12-13H2,1-3H3,(H,23,28). The zero-order valence-corrected chi connectivity index (χ0v) is 18.4. The average molecular weight is 441 g/mol. The van der Waals surface area contributed by atoms with E-state index in [2.05, 4.69) is 52.9 Å². The number of aromatic nitrogens is 3. The molecule has 162 valence electrons. The van der Waals surface area contributed by atoms with Gasteiger partial charge in [-0.05, 0) is 44.5 Å². The molecule has 0 atom stereocenters. The monoisotopic (exact) mass is 440 g/mol. The maximum absolute atomic E-state index is 12.3. The highest BCUT2D eigenvalue weighted by Crippen LogP contribution is 2.21. The number of rotatable bonds is 9. The fraction of sp³-hybridized carbons (Fsp3) is 0.286. The zero-order chi connectivity index (χ0) is 22.4. The van der Waals surface area contributed by atoms with E-state index < -0.39 is 4.92 Å². The third kappa shape index (κ3) is 5.82. The van der Waals surface area contributed by atoms with E-state index in [0.29, 0.717) is 23.9 Å². The lowest BCUT2D eigenvalue weighted by atomic mass is 10.1. The number of nitrogens with zero attached hydrogens (tertiary/aromatic N) is 4. The van der Waals surface area contributed by atoms with Crippen LogP contribution in [0.25, 0.3) is 0 Å². The number of anilines is 2. The van der Waals surface area contributed by atoms with Crippen LogP contribution in [0.1, 0.15) is 23.9 Å². The highest BCUT2D eigenvalue weighted by molar-refractivity contribution is 7.99. The second-order valence-electron chi connectivity index (χ2n) is 6.96. The Morgan fingerprint density at radius 2 is 1.90 bits per heavy atom. The summed E-state index contributed by atoms with van der Waals surface area (Å²) in [5, 5.41) is 26.0. The lowest BCUT2D eigenvalue weighted by molar-refractivity contribution is -0.384. The molecule has 2 N–H and O–H groups in total. The van der Waals surface area contributed by atoms with E-state index in [1.54, 1.807) is 0 Å². The van der Waals surface area contributed by atoms with Gasteiger partial charge in [-0.1, -0.05) is 29.5 Å². The predicted octanol–water partition coefficient (Wildman–Crippen LogP) is 4.17. The molecule has 31 heavy (non-hydrogen) atoms. The highest BCUT2D eigenvalue weighted by Gasteiger charge is 2.14. The zero-order valence-electron chi connectivity index (χ0n) is 17.6. The van der Waals surface area contributed by atoms with Crippen LogP contribution in [0.2, 0.25) is 0 Å². The van der Waals surface area contributed by atoms with Crippen molar-refractivity contribution in [2.24, 2.45) is 0 Å². The van der Waals surface area contributed by atoms with Crippen LogP contribution >= 0.6 is 11.8 Å². The first-order chi connectivity index (χ1) is 14.9. The second kappa shape index (κ2) is 10.1. The van der Waals surface area contributed by atoms with Gasteiger partial charge >= 0.3 is 0 Å². The Kier molecular flexibility index (Phi) is 7.24. The summed E-state index contributed by atoms with van der Waals surface area (Å²) in [6.45, 7) is 7.34. The summed E-state index contributed by atoms with van der Waals surface area (Å²) in [5.41, 5.74) is 3.91. The van der Waals surface area contributed by atoms with Crippen LogP contribution in [0.5, 0.6) is 0 Å². The number of benzene rings is 2. The number of carbonyl (C=O) groups excluding carboxylic acids is 1. The summed E-state index contributed by atoms with van der Waals surface area (Å²) < 4.78 is 1.97. The van der Waals surface area contributed by atoms with Crippen molar-refractivity contribution < 1.29 is 9.72 Å². The molecule has 1 heterocycles. The lowest BCUT2D eigenvalue weighted by Gasteiger charge is -2.11. The van der Waals surface area contributed by atoms with Crippen molar-refractivity contribution in [1.82, 2.24) is 14.8 Å². The van der Waals surface area contributed by atoms with E-state index in [1.165, 1.54) is 47.2 Å². The molecule has 0 bridgehead atoms. The SMILES string of the molecule is CCn1c(CNc2ccc(C)cc2C)nnc1SCC(=O)Nc1ccc([N+](=O)[O-])cc1. The van der Waals surface area contributed by atoms with Crippen molar-refractivity contribution in [3.8, 4) is 0 Å². The van der Waals surface area contributed by atoms with E-state index >= 15 is 0 Å². The maximum atomic E-state index is 12.3. The van der Waals surface area contributed by atoms with E-state index in [0.717, 1.165) is 11.5 Å². The molecule has 1 aromatic heterocycles. The molecule has 0 saturated carbocycles. The van der Waals surface area contributed by atoms with Gasteiger partial charge in [-0.2, -0.15) is 0 Å². The van der Waals surface area contributed by atoms with Crippen molar-refractivity contribution in [2.75, 3.05) is 16.4 Å². The quantitative estimate of drug-likeness (QED) is 0.291. The molecular weight excluding hydrogens is 416 g/mol. The van der Waals surface area contributed by atoms with Gasteiger partial charge in [0.1, 0.15) is 0 Å². The Hall–Kier alpha value is -3.40. The Bertz CT molecular complexity index is 1080. The Labute approximate surface area is 184 Å². The number of hydrogen-bond acceptors (Lipinski definition) is 7. The van der Waals surface area contributed by atoms with Gasteiger partial charge in [0.05, 0.1) is 17.2 Å². The minimum atomic E-state index is -0.481. The molecule has 0 aliphatic rings. The number of aryl methyl sites for hydroxylation is 2. The largest absolute Gasteiger partial charge is 0.378 e. The topological polar surface area (TPSA) is 115 Å². The van der Waals surface area contributed by atoms with E-state index in [1.807, 2.05) is 11.5 Å². The molecule has 3 aromatic rings. The third-order valence-corrected chi connectivity index (χ3v) is 5.59. The van der Waals surface area contributed by atoms with Gasteiger partial charge in [0.2, 0.25) is 5.91 Å². The highest BCUT2D eigenvalue weighted by atomic mass is 32.2. The van der Waals surface area contributed by atoms with Crippen molar-refractivity contribution in [2.45, 2.75) is 39.0 Å². The average Bonchev–Trinajstić information content (AvgIpc) is 3.14. The van der Waals surface area contributed by atoms with Crippen molar-refractivity contribution in [3.63, 3.8) is 0 Å². The molecule has 0 unspecified atom stereocenters. The minimum Gasteiger partial charge on any atom is -0.378 e. The summed E-state index contributed by atoms with van der Waals surface area (Å²) >= 11 is 1.30. The Morgan fingerprint density at radius 1 is 1.16 bits per heavy atom. The van der Waals surface area contributed by atoms with Gasteiger partial charge in [0.15, 0.2) is 11.0 Å². The van der Waals surface area contributed by atoms with Crippen molar-refractivity contribution in [3.05, 3.63) is 69.5 Å². The van der Waals surface area contributed by atoms with Crippen LogP contribution in [0.4, 0.5) is 17.1 Å². The molecule has 9 nitrogen and oxygen atoms in total. The minimum absolute atomic E-state index is 0.0228. The normalized spacial score (nSPS) is 10.7. The van der Waals surface area contributed by atoms with Gasteiger partial charge in [-0.25, -0.2) is 0 Å². The van der Waals surface area contributed by atoms with E-state index in [9.17, 15) is 14.9 Å². The summed E-state index contributed by atoms with van der Waals surface area (Å²) in [6, 6.07) is 12.0. The molecule has 0 radical (unpaired) electrons. The number of nitro benzene ring substituents is 1. The van der Waals surface area contributed by atoms with Crippen molar-refractivity contribution in [1.29, 1.82) is 0 Å². The fourth-order valence-corrected chi connectivity index (χ4v) is 3.88. The first-order valence-electron chi connectivity index (χ1n) is 9.77. The van der Waals surface area contributed by atoms with E-state index in [4.69, 9.17) is 0 Å². The number of thioether (sulfide) groups is 1. The molecule has 1 amide bonds. The lowest BCUT2D eigenvalue weighted by Crippen LogP contribution is -2.15. The van der Waals surface area contributed by atoms with Crippen LogP contribution in [-0.2, 0) is 17.9 Å². The van der Waals surface area contributed by atoms with Gasteiger partial charge in [0.25, 0.3) is 5.69 Å². The van der Waals surface area contributed by atoms with Crippen LogP contribution in [-0.4, -0.2) is 31.3 Å².